The highest BCUT2D eigenvalue weighted by atomic mass is 16.6. The van der Waals surface area contributed by atoms with Crippen molar-refractivity contribution in [1.29, 1.82) is 0 Å². The maximum Gasteiger partial charge on any atom is 0.118 e. The van der Waals surface area contributed by atoms with E-state index in [1.54, 1.807) is 12.5 Å². The van der Waals surface area contributed by atoms with Crippen LogP contribution in [0, 0.1) is 0 Å². The number of hydrogen-bond acceptors (Lipinski definition) is 2. The molecule has 2 nitrogen and oxygen atoms in total. The van der Waals surface area contributed by atoms with Gasteiger partial charge >= 0.3 is 0 Å². The van der Waals surface area contributed by atoms with E-state index in [1.807, 2.05) is 6.08 Å². The number of hydrogen-bond donors (Lipinski definition) is 0. The van der Waals surface area contributed by atoms with Crippen LogP contribution in [0.1, 0.15) is 19.3 Å². The van der Waals surface area contributed by atoms with Gasteiger partial charge in [-0.15, -0.1) is 0 Å². The standard InChI is InChI=1S/C6H9NO/c1-2-4-6-8-7-5-3-1/h4-6H,1-3H2/b6-4+,7-5+. The Hall–Kier alpha value is -0.790. The summed E-state index contributed by atoms with van der Waals surface area (Å²) in [6, 6.07) is 0. The van der Waals surface area contributed by atoms with Gasteiger partial charge in [0.05, 0.1) is 0 Å². The van der Waals surface area contributed by atoms with Gasteiger partial charge in [-0.05, 0) is 25.3 Å². The van der Waals surface area contributed by atoms with E-state index in [2.05, 4.69) is 9.99 Å². The molecule has 0 spiro atoms. The largest absolute Gasteiger partial charge is 0.366 e. The third-order valence-electron chi connectivity index (χ3n) is 0.996. The summed E-state index contributed by atoms with van der Waals surface area (Å²) in [5.74, 6) is 0. The van der Waals surface area contributed by atoms with Gasteiger partial charge in [0.25, 0.3) is 0 Å². The van der Waals surface area contributed by atoms with E-state index in [0.717, 1.165) is 12.8 Å². The van der Waals surface area contributed by atoms with Crippen molar-refractivity contribution in [2.75, 3.05) is 0 Å². The number of oxime groups is 1. The van der Waals surface area contributed by atoms with E-state index in [4.69, 9.17) is 0 Å². The minimum atomic E-state index is 1.03. The van der Waals surface area contributed by atoms with Crippen LogP contribution in [0.15, 0.2) is 17.5 Å². The second-order valence-electron chi connectivity index (χ2n) is 1.70. The van der Waals surface area contributed by atoms with Crippen molar-refractivity contribution in [2.24, 2.45) is 5.16 Å². The fraction of sp³-hybridized carbons (Fsp3) is 0.500. The van der Waals surface area contributed by atoms with Crippen LogP contribution in [0.4, 0.5) is 0 Å². The lowest BCUT2D eigenvalue weighted by Gasteiger charge is -1.93. The summed E-state index contributed by atoms with van der Waals surface area (Å²) in [5, 5.41) is 3.62. The predicted molar refractivity (Wildman–Crippen MR) is 32.6 cm³/mol. The van der Waals surface area contributed by atoms with Gasteiger partial charge in [0.15, 0.2) is 0 Å². The molecule has 0 aromatic rings. The normalized spacial score (nSPS) is 27.0. The molecule has 0 amide bonds. The second-order valence-corrected chi connectivity index (χ2v) is 1.70. The van der Waals surface area contributed by atoms with Gasteiger partial charge in [0.1, 0.15) is 6.26 Å². The summed E-state index contributed by atoms with van der Waals surface area (Å²) < 4.78 is 0. The van der Waals surface area contributed by atoms with Crippen molar-refractivity contribution in [2.45, 2.75) is 19.3 Å². The van der Waals surface area contributed by atoms with E-state index in [-0.39, 0.29) is 0 Å². The van der Waals surface area contributed by atoms with Crippen LogP contribution >= 0.6 is 0 Å². The van der Waals surface area contributed by atoms with Crippen molar-refractivity contribution in [3.63, 3.8) is 0 Å². The second kappa shape index (κ2) is 3.24. The fourth-order valence-electron chi connectivity index (χ4n) is 0.569. The smallest absolute Gasteiger partial charge is 0.118 e. The first-order valence-corrected chi connectivity index (χ1v) is 2.83. The predicted octanol–water partition coefficient (Wildman–Crippen LogP) is 1.69. The first kappa shape index (κ1) is 5.35. The Morgan fingerprint density at radius 3 is 3.38 bits per heavy atom. The van der Waals surface area contributed by atoms with Crippen molar-refractivity contribution >= 4 is 6.21 Å². The first-order chi connectivity index (χ1) is 4.00. The van der Waals surface area contributed by atoms with Crippen molar-refractivity contribution in [3.05, 3.63) is 12.3 Å². The molecular formula is C6H9NO. The highest BCUT2D eigenvalue weighted by Crippen LogP contribution is 1.97. The van der Waals surface area contributed by atoms with Gasteiger partial charge in [0, 0.05) is 6.21 Å². The van der Waals surface area contributed by atoms with Gasteiger partial charge in [0.2, 0.25) is 0 Å². The number of rotatable bonds is 0. The van der Waals surface area contributed by atoms with Crippen LogP contribution in [-0.2, 0) is 4.84 Å². The summed E-state index contributed by atoms with van der Waals surface area (Å²) in [6.45, 7) is 0. The van der Waals surface area contributed by atoms with Crippen LogP contribution in [0.5, 0.6) is 0 Å². The molecule has 1 heterocycles. The lowest BCUT2D eigenvalue weighted by atomic mass is 10.2. The third kappa shape index (κ3) is 1.78. The molecule has 0 radical (unpaired) electrons. The van der Waals surface area contributed by atoms with Gasteiger partial charge in [-0.3, -0.25) is 0 Å². The molecule has 0 N–H and O–H groups in total. The van der Waals surface area contributed by atoms with Gasteiger partial charge in [-0.2, -0.15) is 0 Å². The number of nitrogens with zero attached hydrogens (tertiary/aromatic N) is 1. The fourth-order valence-corrected chi connectivity index (χ4v) is 0.569. The van der Waals surface area contributed by atoms with E-state index in [9.17, 15) is 0 Å². The lowest BCUT2D eigenvalue weighted by Crippen LogP contribution is -1.80. The summed E-state index contributed by atoms with van der Waals surface area (Å²) in [5.41, 5.74) is 0. The van der Waals surface area contributed by atoms with Gasteiger partial charge in [-0.1, -0.05) is 5.16 Å². The Morgan fingerprint density at radius 1 is 1.38 bits per heavy atom. The molecule has 0 aromatic heterocycles. The molecule has 0 unspecified atom stereocenters. The Bertz CT molecular complexity index is 95.1. The molecule has 2 heteroatoms. The molecule has 0 saturated heterocycles. The summed E-state index contributed by atoms with van der Waals surface area (Å²) in [6.07, 6.45) is 8.72. The third-order valence-corrected chi connectivity index (χ3v) is 0.996. The Morgan fingerprint density at radius 2 is 2.38 bits per heavy atom. The zero-order chi connectivity index (χ0) is 5.66. The number of allylic oxidation sites excluding steroid dienone is 1. The molecule has 0 aromatic carbocycles. The maximum atomic E-state index is 4.66. The zero-order valence-corrected chi connectivity index (χ0v) is 4.71. The average molecular weight is 111 g/mol. The minimum Gasteiger partial charge on any atom is -0.366 e. The quantitative estimate of drug-likeness (QED) is 0.466. The molecule has 44 valence electrons. The van der Waals surface area contributed by atoms with Crippen LogP contribution < -0.4 is 0 Å². The topological polar surface area (TPSA) is 21.6 Å². The van der Waals surface area contributed by atoms with Crippen molar-refractivity contribution in [1.82, 2.24) is 0 Å². The van der Waals surface area contributed by atoms with Crippen LogP contribution in [-0.4, -0.2) is 6.21 Å². The summed E-state index contributed by atoms with van der Waals surface area (Å²) >= 11 is 0. The van der Waals surface area contributed by atoms with Crippen molar-refractivity contribution < 1.29 is 4.84 Å². The average Bonchev–Trinajstić information content (AvgIpc) is 1.62. The van der Waals surface area contributed by atoms with E-state index >= 15 is 0 Å². The Balaban J connectivity index is 2.31. The molecule has 0 fully saturated rings. The van der Waals surface area contributed by atoms with Gasteiger partial charge in [-0.25, -0.2) is 0 Å². The first-order valence-electron chi connectivity index (χ1n) is 2.83. The summed E-state index contributed by atoms with van der Waals surface area (Å²) in [4.78, 5) is 4.66. The molecule has 1 aliphatic rings. The highest BCUT2D eigenvalue weighted by molar-refractivity contribution is 5.56. The molecular weight excluding hydrogens is 102 g/mol. The maximum absolute atomic E-state index is 4.66. The van der Waals surface area contributed by atoms with Crippen LogP contribution in [0.2, 0.25) is 0 Å². The molecule has 0 aliphatic carbocycles. The van der Waals surface area contributed by atoms with Crippen LogP contribution in [0.25, 0.3) is 0 Å². The minimum absolute atomic E-state index is 1.03. The van der Waals surface area contributed by atoms with E-state index in [1.165, 1.54) is 6.42 Å². The monoisotopic (exact) mass is 111 g/mol. The molecule has 0 saturated carbocycles. The lowest BCUT2D eigenvalue weighted by molar-refractivity contribution is 0.266. The Kier molecular flexibility index (Phi) is 2.17. The SMILES string of the molecule is C1=C/O/N=C/CCC/1. The summed E-state index contributed by atoms with van der Waals surface area (Å²) in [7, 11) is 0. The molecule has 0 atom stereocenters. The highest BCUT2D eigenvalue weighted by Gasteiger charge is 1.83. The molecule has 1 rings (SSSR count). The molecule has 0 bridgehead atoms. The molecule has 1 aliphatic heterocycles. The van der Waals surface area contributed by atoms with Gasteiger partial charge < -0.3 is 4.84 Å². The van der Waals surface area contributed by atoms with Crippen molar-refractivity contribution in [3.8, 4) is 0 Å². The van der Waals surface area contributed by atoms with E-state index < -0.39 is 0 Å². The van der Waals surface area contributed by atoms with E-state index in [0.29, 0.717) is 0 Å². The van der Waals surface area contributed by atoms with Crippen LogP contribution in [0.3, 0.4) is 0 Å². The Labute approximate surface area is 48.8 Å². The zero-order valence-electron chi connectivity index (χ0n) is 4.71. The molecule has 8 heavy (non-hydrogen) atoms.